The van der Waals surface area contributed by atoms with Gasteiger partial charge in [0.2, 0.25) is 0 Å². The van der Waals surface area contributed by atoms with E-state index in [1.54, 1.807) is 12.1 Å². The zero-order chi connectivity index (χ0) is 13.9. The SMILES string of the molecule is CCOc1ccccc1OCC(=O)NCCCCO. The highest BCUT2D eigenvalue weighted by Crippen LogP contribution is 2.26. The van der Waals surface area contributed by atoms with Gasteiger partial charge in [-0.15, -0.1) is 0 Å². The number of aliphatic hydroxyl groups excluding tert-OH is 1. The predicted molar refractivity (Wildman–Crippen MR) is 72.4 cm³/mol. The molecule has 19 heavy (non-hydrogen) atoms. The Morgan fingerprint density at radius 1 is 1.21 bits per heavy atom. The van der Waals surface area contributed by atoms with E-state index in [0.717, 1.165) is 6.42 Å². The van der Waals surface area contributed by atoms with Gasteiger partial charge in [-0.25, -0.2) is 0 Å². The summed E-state index contributed by atoms with van der Waals surface area (Å²) in [6.45, 7) is 3.10. The lowest BCUT2D eigenvalue weighted by Gasteiger charge is -2.11. The number of aliphatic hydroxyl groups is 1. The summed E-state index contributed by atoms with van der Waals surface area (Å²) < 4.78 is 10.8. The number of para-hydroxylation sites is 2. The van der Waals surface area contributed by atoms with Crippen LogP contribution in [0.1, 0.15) is 19.8 Å². The summed E-state index contributed by atoms with van der Waals surface area (Å²) in [7, 11) is 0. The standard InChI is InChI=1S/C14H21NO4/c1-2-18-12-7-3-4-8-13(12)19-11-14(17)15-9-5-6-10-16/h3-4,7-8,16H,2,5-6,9-11H2,1H3,(H,15,17). The maximum Gasteiger partial charge on any atom is 0.257 e. The maximum absolute atomic E-state index is 11.5. The van der Waals surface area contributed by atoms with Crippen LogP contribution in [0.5, 0.6) is 11.5 Å². The van der Waals surface area contributed by atoms with Crippen LogP contribution in [-0.2, 0) is 4.79 Å². The minimum Gasteiger partial charge on any atom is -0.490 e. The Labute approximate surface area is 113 Å². The Kier molecular flexibility index (Phi) is 7.43. The van der Waals surface area contributed by atoms with Crippen molar-refractivity contribution in [2.45, 2.75) is 19.8 Å². The Morgan fingerprint density at radius 3 is 2.53 bits per heavy atom. The van der Waals surface area contributed by atoms with Crippen molar-refractivity contribution in [2.24, 2.45) is 0 Å². The first-order valence-electron chi connectivity index (χ1n) is 6.50. The van der Waals surface area contributed by atoms with E-state index in [4.69, 9.17) is 14.6 Å². The lowest BCUT2D eigenvalue weighted by Crippen LogP contribution is -2.29. The van der Waals surface area contributed by atoms with Crippen LogP contribution in [0.3, 0.4) is 0 Å². The van der Waals surface area contributed by atoms with E-state index in [1.807, 2.05) is 19.1 Å². The van der Waals surface area contributed by atoms with Crippen LogP contribution in [0.25, 0.3) is 0 Å². The number of carbonyl (C=O) groups is 1. The van der Waals surface area contributed by atoms with Crippen molar-refractivity contribution in [2.75, 3.05) is 26.4 Å². The van der Waals surface area contributed by atoms with E-state index in [-0.39, 0.29) is 19.1 Å². The van der Waals surface area contributed by atoms with Crippen molar-refractivity contribution in [3.05, 3.63) is 24.3 Å². The lowest BCUT2D eigenvalue weighted by atomic mass is 10.3. The summed E-state index contributed by atoms with van der Waals surface area (Å²) in [4.78, 5) is 11.5. The van der Waals surface area contributed by atoms with Gasteiger partial charge in [-0.05, 0) is 31.9 Å². The number of hydrogen-bond donors (Lipinski definition) is 2. The zero-order valence-electron chi connectivity index (χ0n) is 11.2. The second kappa shape index (κ2) is 9.22. The topological polar surface area (TPSA) is 67.8 Å². The molecule has 0 radical (unpaired) electrons. The Bertz CT molecular complexity index is 381. The van der Waals surface area contributed by atoms with Crippen LogP contribution in [0.2, 0.25) is 0 Å². The molecular weight excluding hydrogens is 246 g/mol. The number of nitrogens with one attached hydrogen (secondary N) is 1. The first-order valence-corrected chi connectivity index (χ1v) is 6.50. The van der Waals surface area contributed by atoms with Crippen LogP contribution >= 0.6 is 0 Å². The molecular formula is C14H21NO4. The van der Waals surface area contributed by atoms with Crippen molar-refractivity contribution in [3.63, 3.8) is 0 Å². The van der Waals surface area contributed by atoms with Crippen molar-refractivity contribution >= 4 is 5.91 Å². The van der Waals surface area contributed by atoms with E-state index >= 15 is 0 Å². The summed E-state index contributed by atoms with van der Waals surface area (Å²) in [5.41, 5.74) is 0. The summed E-state index contributed by atoms with van der Waals surface area (Å²) >= 11 is 0. The number of unbranched alkanes of at least 4 members (excludes halogenated alkanes) is 1. The molecule has 106 valence electrons. The third-order valence-corrected chi connectivity index (χ3v) is 2.41. The molecule has 0 aliphatic rings. The number of ether oxygens (including phenoxy) is 2. The van der Waals surface area contributed by atoms with Gasteiger partial charge in [0.1, 0.15) is 0 Å². The van der Waals surface area contributed by atoms with Crippen LogP contribution in [-0.4, -0.2) is 37.4 Å². The van der Waals surface area contributed by atoms with Crippen molar-refractivity contribution < 1.29 is 19.4 Å². The summed E-state index contributed by atoms with van der Waals surface area (Å²) in [5, 5.41) is 11.3. The molecule has 0 saturated heterocycles. The summed E-state index contributed by atoms with van der Waals surface area (Å²) in [6, 6.07) is 7.26. The molecule has 0 unspecified atom stereocenters. The van der Waals surface area contributed by atoms with Gasteiger partial charge in [0.15, 0.2) is 18.1 Å². The number of amides is 1. The van der Waals surface area contributed by atoms with Crippen molar-refractivity contribution in [1.82, 2.24) is 5.32 Å². The molecule has 0 saturated carbocycles. The molecule has 1 amide bonds. The van der Waals surface area contributed by atoms with Crippen LogP contribution in [0.4, 0.5) is 0 Å². The molecule has 0 aromatic heterocycles. The van der Waals surface area contributed by atoms with Gasteiger partial charge >= 0.3 is 0 Å². The molecule has 0 fully saturated rings. The first-order chi connectivity index (χ1) is 9.27. The monoisotopic (exact) mass is 267 g/mol. The quantitative estimate of drug-likeness (QED) is 0.663. The molecule has 0 bridgehead atoms. The smallest absolute Gasteiger partial charge is 0.257 e. The van der Waals surface area contributed by atoms with Crippen LogP contribution in [0, 0.1) is 0 Å². The molecule has 1 aromatic carbocycles. The number of hydrogen-bond acceptors (Lipinski definition) is 4. The largest absolute Gasteiger partial charge is 0.490 e. The summed E-state index contributed by atoms with van der Waals surface area (Å²) in [6.07, 6.45) is 1.45. The van der Waals surface area contributed by atoms with E-state index in [1.165, 1.54) is 0 Å². The van der Waals surface area contributed by atoms with Gasteiger partial charge in [0, 0.05) is 13.2 Å². The molecule has 0 aliphatic heterocycles. The van der Waals surface area contributed by atoms with Crippen molar-refractivity contribution in [1.29, 1.82) is 0 Å². The first kappa shape index (κ1) is 15.3. The zero-order valence-corrected chi connectivity index (χ0v) is 11.2. The van der Waals surface area contributed by atoms with Crippen molar-refractivity contribution in [3.8, 4) is 11.5 Å². The van der Waals surface area contributed by atoms with E-state index < -0.39 is 0 Å². The molecule has 0 spiro atoms. The molecule has 5 heteroatoms. The van der Waals surface area contributed by atoms with E-state index in [9.17, 15) is 4.79 Å². The van der Waals surface area contributed by atoms with Gasteiger partial charge < -0.3 is 19.9 Å². The Balaban J connectivity index is 2.33. The third-order valence-electron chi connectivity index (χ3n) is 2.41. The molecule has 0 heterocycles. The number of benzene rings is 1. The highest BCUT2D eigenvalue weighted by Gasteiger charge is 2.06. The van der Waals surface area contributed by atoms with E-state index in [2.05, 4.69) is 5.32 Å². The highest BCUT2D eigenvalue weighted by atomic mass is 16.5. The average Bonchev–Trinajstić information content (AvgIpc) is 2.43. The fourth-order valence-electron chi connectivity index (χ4n) is 1.50. The molecule has 1 rings (SSSR count). The Morgan fingerprint density at radius 2 is 1.89 bits per heavy atom. The van der Waals surface area contributed by atoms with E-state index in [0.29, 0.717) is 31.1 Å². The normalized spacial score (nSPS) is 10.0. The average molecular weight is 267 g/mol. The molecule has 2 N–H and O–H groups in total. The molecule has 0 atom stereocenters. The minimum atomic E-state index is -0.177. The maximum atomic E-state index is 11.5. The second-order valence-electron chi connectivity index (χ2n) is 3.95. The third kappa shape index (κ3) is 6.10. The second-order valence-corrected chi connectivity index (χ2v) is 3.95. The van der Waals surface area contributed by atoms with Crippen LogP contribution in [0.15, 0.2) is 24.3 Å². The fourth-order valence-corrected chi connectivity index (χ4v) is 1.50. The van der Waals surface area contributed by atoms with Gasteiger partial charge in [-0.2, -0.15) is 0 Å². The molecule has 5 nitrogen and oxygen atoms in total. The number of rotatable bonds is 9. The lowest BCUT2D eigenvalue weighted by molar-refractivity contribution is -0.123. The Hall–Kier alpha value is -1.75. The fraction of sp³-hybridized carbons (Fsp3) is 0.500. The van der Waals surface area contributed by atoms with Crippen LogP contribution < -0.4 is 14.8 Å². The van der Waals surface area contributed by atoms with Gasteiger partial charge in [0.05, 0.1) is 6.61 Å². The number of carbonyl (C=O) groups excluding carboxylic acids is 1. The minimum absolute atomic E-state index is 0.0385. The molecule has 1 aromatic rings. The highest BCUT2D eigenvalue weighted by molar-refractivity contribution is 5.77. The predicted octanol–water partition coefficient (Wildman–Crippen LogP) is 1.35. The van der Waals surface area contributed by atoms with Gasteiger partial charge in [-0.1, -0.05) is 12.1 Å². The summed E-state index contributed by atoms with van der Waals surface area (Å²) in [5.74, 6) is 1.03. The molecule has 0 aliphatic carbocycles. The van der Waals surface area contributed by atoms with Gasteiger partial charge in [0.25, 0.3) is 5.91 Å². The van der Waals surface area contributed by atoms with Gasteiger partial charge in [-0.3, -0.25) is 4.79 Å².